The normalized spacial score (nSPS) is 10.0. The Morgan fingerprint density at radius 1 is 1.17 bits per heavy atom. The Labute approximate surface area is 136 Å². The minimum atomic E-state index is -0.732. The molecule has 2 aromatic rings. The molecule has 118 valence electrons. The fraction of sp³-hybridized carbons (Fsp3) is 0.0625. The molecule has 0 aromatic heterocycles. The number of ether oxygens (including phenoxy) is 1. The third-order valence-corrected chi connectivity index (χ3v) is 3.05. The number of benzene rings is 2. The van der Waals surface area contributed by atoms with Gasteiger partial charge in [0.25, 0.3) is 5.91 Å². The van der Waals surface area contributed by atoms with E-state index in [0.717, 1.165) is 6.07 Å². The topological polar surface area (TPSA) is 72.5 Å². The van der Waals surface area contributed by atoms with Gasteiger partial charge in [0.15, 0.2) is 6.61 Å². The van der Waals surface area contributed by atoms with Gasteiger partial charge in [-0.3, -0.25) is 9.59 Å². The number of anilines is 1. The Hall–Kier alpha value is -2.73. The van der Waals surface area contributed by atoms with E-state index in [-0.39, 0.29) is 16.3 Å². The van der Waals surface area contributed by atoms with Crippen LogP contribution in [0, 0.1) is 5.82 Å². The number of aldehydes is 1. The van der Waals surface area contributed by atoms with Gasteiger partial charge in [0, 0.05) is 10.6 Å². The second-order valence-electron chi connectivity index (χ2n) is 4.49. The largest absolute Gasteiger partial charge is 0.452 e. The molecule has 5 nitrogen and oxygen atoms in total. The van der Waals surface area contributed by atoms with E-state index < -0.39 is 24.3 Å². The second-order valence-corrected chi connectivity index (χ2v) is 4.92. The Morgan fingerprint density at radius 3 is 2.52 bits per heavy atom. The highest BCUT2D eigenvalue weighted by molar-refractivity contribution is 6.30. The van der Waals surface area contributed by atoms with E-state index in [1.54, 1.807) is 0 Å². The van der Waals surface area contributed by atoms with E-state index >= 15 is 0 Å². The van der Waals surface area contributed by atoms with Gasteiger partial charge >= 0.3 is 5.97 Å². The number of carbonyl (C=O) groups is 3. The summed E-state index contributed by atoms with van der Waals surface area (Å²) in [5, 5.41) is 2.51. The highest BCUT2D eigenvalue weighted by Crippen LogP contribution is 2.19. The zero-order chi connectivity index (χ0) is 16.8. The number of hydrogen-bond donors (Lipinski definition) is 1. The van der Waals surface area contributed by atoms with Gasteiger partial charge in [-0.2, -0.15) is 0 Å². The number of halogens is 2. The van der Waals surface area contributed by atoms with Crippen LogP contribution in [0.5, 0.6) is 0 Å². The molecule has 0 heterocycles. The molecule has 7 heteroatoms. The molecule has 0 saturated heterocycles. The molecule has 0 unspecified atom stereocenters. The standard InChI is InChI=1S/C16H11ClFNO4/c17-12-5-6-13(18)14(7-12)19-15(21)9-23-16(22)11-3-1-10(8-20)2-4-11/h1-8H,9H2,(H,19,21). The quantitative estimate of drug-likeness (QED) is 0.673. The van der Waals surface area contributed by atoms with Gasteiger partial charge in [0.1, 0.15) is 12.1 Å². The van der Waals surface area contributed by atoms with E-state index in [0.29, 0.717) is 11.8 Å². The zero-order valence-corrected chi connectivity index (χ0v) is 12.5. The first-order valence-corrected chi connectivity index (χ1v) is 6.84. The van der Waals surface area contributed by atoms with Crippen LogP contribution >= 0.6 is 11.6 Å². The Kier molecular flexibility index (Phi) is 5.43. The maximum atomic E-state index is 13.5. The van der Waals surface area contributed by atoms with Crippen LogP contribution in [0.4, 0.5) is 10.1 Å². The summed E-state index contributed by atoms with van der Waals surface area (Å²) in [5.41, 5.74) is 0.502. The minimum absolute atomic E-state index is 0.103. The lowest BCUT2D eigenvalue weighted by Gasteiger charge is -2.08. The molecule has 2 rings (SSSR count). The van der Waals surface area contributed by atoms with E-state index in [2.05, 4.69) is 5.32 Å². The first-order valence-electron chi connectivity index (χ1n) is 6.47. The van der Waals surface area contributed by atoms with Crippen molar-refractivity contribution in [2.24, 2.45) is 0 Å². The van der Waals surface area contributed by atoms with Gasteiger partial charge < -0.3 is 10.1 Å². The van der Waals surface area contributed by atoms with E-state index in [4.69, 9.17) is 16.3 Å². The molecule has 1 N–H and O–H groups in total. The maximum absolute atomic E-state index is 13.5. The predicted molar refractivity (Wildman–Crippen MR) is 82.2 cm³/mol. The van der Waals surface area contributed by atoms with Crippen molar-refractivity contribution < 1.29 is 23.5 Å². The number of hydrogen-bond acceptors (Lipinski definition) is 4. The predicted octanol–water partition coefficient (Wildman–Crippen LogP) is 3.09. The van der Waals surface area contributed by atoms with Gasteiger partial charge in [0.2, 0.25) is 0 Å². The molecular weight excluding hydrogens is 325 g/mol. The molecular formula is C16H11ClFNO4. The molecule has 0 bridgehead atoms. The first-order chi connectivity index (χ1) is 11.0. The van der Waals surface area contributed by atoms with Crippen LogP contribution in [-0.2, 0) is 9.53 Å². The Morgan fingerprint density at radius 2 is 1.87 bits per heavy atom. The van der Waals surface area contributed by atoms with E-state index in [1.807, 2.05) is 0 Å². The van der Waals surface area contributed by atoms with Crippen molar-refractivity contribution in [3.63, 3.8) is 0 Å². The third-order valence-electron chi connectivity index (χ3n) is 2.82. The number of esters is 1. The third kappa shape index (κ3) is 4.62. The average Bonchev–Trinajstić information content (AvgIpc) is 2.56. The minimum Gasteiger partial charge on any atom is -0.452 e. The highest BCUT2D eigenvalue weighted by atomic mass is 35.5. The molecule has 0 aliphatic carbocycles. The smallest absolute Gasteiger partial charge is 0.338 e. The summed E-state index contributed by atoms with van der Waals surface area (Å²) in [7, 11) is 0. The fourth-order valence-corrected chi connectivity index (χ4v) is 1.86. The fourth-order valence-electron chi connectivity index (χ4n) is 1.69. The number of nitrogens with one attached hydrogen (secondary N) is 1. The van der Waals surface area contributed by atoms with Gasteiger partial charge in [-0.05, 0) is 30.3 Å². The van der Waals surface area contributed by atoms with E-state index in [1.165, 1.54) is 36.4 Å². The second kappa shape index (κ2) is 7.51. The molecule has 0 spiro atoms. The van der Waals surface area contributed by atoms with Crippen LogP contribution in [0.3, 0.4) is 0 Å². The molecule has 0 radical (unpaired) electrons. The summed E-state index contributed by atoms with van der Waals surface area (Å²) >= 11 is 5.70. The average molecular weight is 336 g/mol. The lowest BCUT2D eigenvalue weighted by atomic mass is 10.1. The zero-order valence-electron chi connectivity index (χ0n) is 11.7. The Balaban J connectivity index is 1.91. The number of rotatable bonds is 5. The van der Waals surface area contributed by atoms with Crippen LogP contribution in [0.15, 0.2) is 42.5 Å². The molecule has 23 heavy (non-hydrogen) atoms. The summed E-state index contributed by atoms with van der Waals surface area (Å²) in [6, 6.07) is 9.40. The van der Waals surface area contributed by atoms with Crippen LogP contribution < -0.4 is 5.32 Å². The lowest BCUT2D eigenvalue weighted by Crippen LogP contribution is -2.21. The van der Waals surface area contributed by atoms with Gasteiger partial charge in [-0.1, -0.05) is 23.7 Å². The van der Waals surface area contributed by atoms with Gasteiger partial charge in [-0.25, -0.2) is 9.18 Å². The highest BCUT2D eigenvalue weighted by Gasteiger charge is 2.12. The van der Waals surface area contributed by atoms with Crippen LogP contribution in [0.1, 0.15) is 20.7 Å². The van der Waals surface area contributed by atoms with E-state index in [9.17, 15) is 18.8 Å². The van der Waals surface area contributed by atoms with Crippen LogP contribution in [0.2, 0.25) is 5.02 Å². The van der Waals surface area contributed by atoms with Crippen LogP contribution in [0.25, 0.3) is 0 Å². The summed E-state index contributed by atoms with van der Waals surface area (Å²) < 4.78 is 18.3. The van der Waals surface area contributed by atoms with Crippen molar-refractivity contribution in [1.82, 2.24) is 0 Å². The number of amides is 1. The van der Waals surface area contributed by atoms with Crippen molar-refractivity contribution in [2.45, 2.75) is 0 Å². The molecule has 0 fully saturated rings. The van der Waals surface area contributed by atoms with Crippen molar-refractivity contribution >= 4 is 35.5 Å². The first kappa shape index (κ1) is 16.6. The van der Waals surface area contributed by atoms with Crippen molar-refractivity contribution in [1.29, 1.82) is 0 Å². The summed E-state index contributed by atoms with van der Waals surface area (Å²) in [6.07, 6.45) is 0.641. The summed E-state index contributed by atoms with van der Waals surface area (Å²) in [5.74, 6) is -2.09. The van der Waals surface area contributed by atoms with Crippen molar-refractivity contribution in [2.75, 3.05) is 11.9 Å². The molecule has 2 aromatic carbocycles. The van der Waals surface area contributed by atoms with Crippen molar-refractivity contribution in [3.8, 4) is 0 Å². The molecule has 1 amide bonds. The monoisotopic (exact) mass is 335 g/mol. The lowest BCUT2D eigenvalue weighted by molar-refractivity contribution is -0.119. The maximum Gasteiger partial charge on any atom is 0.338 e. The van der Waals surface area contributed by atoms with Gasteiger partial charge in [0.05, 0.1) is 11.3 Å². The summed E-state index contributed by atoms with van der Waals surface area (Å²) in [4.78, 5) is 33.9. The van der Waals surface area contributed by atoms with Gasteiger partial charge in [-0.15, -0.1) is 0 Å². The molecule has 0 saturated carbocycles. The number of carbonyl (C=O) groups excluding carboxylic acids is 3. The van der Waals surface area contributed by atoms with Crippen LogP contribution in [-0.4, -0.2) is 24.8 Å². The molecule has 0 atom stereocenters. The SMILES string of the molecule is O=Cc1ccc(C(=O)OCC(=O)Nc2cc(Cl)ccc2F)cc1. The Bertz CT molecular complexity index is 746. The molecule has 0 aliphatic rings. The molecule has 0 aliphatic heterocycles. The van der Waals surface area contributed by atoms with Crippen molar-refractivity contribution in [3.05, 3.63) is 64.4 Å². The summed E-state index contributed by atoms with van der Waals surface area (Å²) in [6.45, 7) is -0.583.